The molecule has 1 spiro atoms. The summed E-state index contributed by atoms with van der Waals surface area (Å²) in [6.45, 7) is 10.8. The Morgan fingerprint density at radius 3 is 2.41 bits per heavy atom. The largest absolute Gasteiger partial charge is 0.497 e. The Kier molecular flexibility index (Phi) is 10.9. The molecule has 49 heavy (non-hydrogen) atoms. The average molecular weight is 674 g/mol. The summed E-state index contributed by atoms with van der Waals surface area (Å²) in [7, 11) is 3.23. The third-order valence-electron chi connectivity index (χ3n) is 10.3. The number of rotatable bonds is 15. The number of ether oxygens (including phenoxy) is 3. The third kappa shape index (κ3) is 6.49. The predicted octanol–water partition coefficient (Wildman–Crippen LogP) is 4.07. The van der Waals surface area contributed by atoms with Gasteiger partial charge in [-0.2, -0.15) is 0 Å². The van der Waals surface area contributed by atoms with Gasteiger partial charge in [-0.05, 0) is 62.9 Å². The van der Waals surface area contributed by atoms with Crippen LogP contribution in [0.3, 0.4) is 0 Å². The molecule has 2 aromatic carbocycles. The first-order chi connectivity index (χ1) is 23.5. The van der Waals surface area contributed by atoms with E-state index in [9.17, 15) is 24.3 Å². The lowest BCUT2D eigenvalue weighted by atomic mass is 9.70. The number of nitrogens with zero attached hydrogens (tertiary/aromatic N) is 3. The van der Waals surface area contributed by atoms with Crippen LogP contribution in [0.2, 0.25) is 0 Å². The van der Waals surface area contributed by atoms with Gasteiger partial charge in [0.2, 0.25) is 11.8 Å². The van der Waals surface area contributed by atoms with Crippen molar-refractivity contribution in [3.63, 3.8) is 0 Å². The number of likely N-dealkylation sites (tertiary alicyclic amines) is 1. The molecule has 5 rings (SSSR count). The molecular weight excluding hydrogens is 626 g/mol. The maximum Gasteiger partial charge on any atom is 0.313 e. The predicted molar refractivity (Wildman–Crippen MR) is 183 cm³/mol. The Morgan fingerprint density at radius 2 is 1.80 bits per heavy atom. The highest BCUT2D eigenvalue weighted by Gasteiger charge is 2.75. The monoisotopic (exact) mass is 673 g/mol. The van der Waals surface area contributed by atoms with Gasteiger partial charge in [0.1, 0.15) is 23.5 Å². The zero-order valence-electron chi connectivity index (χ0n) is 28.7. The zero-order valence-corrected chi connectivity index (χ0v) is 28.7. The van der Waals surface area contributed by atoms with E-state index in [-0.39, 0.29) is 25.5 Å². The SMILES string of the molecule is C=CCCC(=O)N(C)[C@@H](C)[C@@H](OC(=O)[C@@H]1[C@@H]2CC[C@]3(O2)[C@H](C(=O)N(CC=C)c2ccc(OC)cc2)N([C@H](C)CO)C(=O)[C@@H]13)c1ccccc1. The number of fused-ring (bicyclic) bond motifs is 1. The molecule has 262 valence electrons. The Bertz CT molecular complexity index is 1550. The molecule has 1 N–H and O–H groups in total. The highest BCUT2D eigenvalue weighted by Crippen LogP contribution is 2.59. The number of aliphatic hydroxyl groups is 1. The van der Waals surface area contributed by atoms with E-state index in [0.29, 0.717) is 36.3 Å². The van der Waals surface area contributed by atoms with Gasteiger partial charge in [-0.3, -0.25) is 19.2 Å². The van der Waals surface area contributed by atoms with Crippen molar-refractivity contribution >= 4 is 29.4 Å². The molecule has 3 aliphatic heterocycles. The molecule has 3 aliphatic rings. The Labute approximate surface area is 288 Å². The lowest BCUT2D eigenvalue weighted by Gasteiger charge is -2.38. The minimum atomic E-state index is -1.30. The van der Waals surface area contributed by atoms with Crippen LogP contribution in [0.15, 0.2) is 79.9 Å². The van der Waals surface area contributed by atoms with Gasteiger partial charge >= 0.3 is 5.97 Å². The number of carbonyl (C=O) groups excluding carboxylic acids is 4. The van der Waals surface area contributed by atoms with Gasteiger partial charge in [-0.15, -0.1) is 13.2 Å². The van der Waals surface area contributed by atoms with Crippen LogP contribution >= 0.6 is 0 Å². The average Bonchev–Trinajstić information content (AvgIpc) is 3.78. The van der Waals surface area contributed by atoms with E-state index < -0.39 is 65.6 Å². The Balaban J connectivity index is 1.49. The number of amides is 3. The van der Waals surface area contributed by atoms with Gasteiger partial charge in [-0.25, -0.2) is 0 Å². The molecule has 2 bridgehead atoms. The van der Waals surface area contributed by atoms with Crippen LogP contribution in [-0.2, 0) is 28.7 Å². The fourth-order valence-electron chi connectivity index (χ4n) is 7.69. The zero-order chi connectivity index (χ0) is 35.5. The van der Waals surface area contributed by atoms with Gasteiger partial charge in [0.25, 0.3) is 5.91 Å². The summed E-state index contributed by atoms with van der Waals surface area (Å²) in [5, 5.41) is 10.3. The molecule has 2 aromatic rings. The number of allylic oxidation sites excluding steroid dienone is 1. The van der Waals surface area contributed by atoms with Crippen LogP contribution in [0.5, 0.6) is 5.75 Å². The van der Waals surface area contributed by atoms with E-state index >= 15 is 0 Å². The van der Waals surface area contributed by atoms with Crippen molar-refractivity contribution in [3.8, 4) is 5.75 Å². The second-order valence-electron chi connectivity index (χ2n) is 13.1. The number of hydrogen-bond acceptors (Lipinski definition) is 8. The molecule has 0 radical (unpaired) electrons. The number of carbonyl (C=O) groups is 4. The molecule has 3 heterocycles. The number of anilines is 1. The van der Waals surface area contributed by atoms with E-state index in [1.54, 1.807) is 62.4 Å². The van der Waals surface area contributed by atoms with Gasteiger partial charge in [0, 0.05) is 25.7 Å². The lowest BCUT2D eigenvalue weighted by Crippen LogP contribution is -2.58. The number of esters is 1. The van der Waals surface area contributed by atoms with E-state index in [2.05, 4.69) is 13.2 Å². The normalized spacial score (nSPS) is 25.6. The second kappa shape index (κ2) is 15.0. The lowest BCUT2D eigenvalue weighted by molar-refractivity contribution is -0.165. The van der Waals surface area contributed by atoms with Crippen molar-refractivity contribution in [3.05, 3.63) is 85.5 Å². The summed E-state index contributed by atoms with van der Waals surface area (Å²) < 4.78 is 18.2. The Morgan fingerprint density at radius 1 is 1.10 bits per heavy atom. The van der Waals surface area contributed by atoms with E-state index in [0.717, 1.165) is 0 Å². The molecule has 3 saturated heterocycles. The van der Waals surface area contributed by atoms with E-state index in [4.69, 9.17) is 14.2 Å². The van der Waals surface area contributed by atoms with Crippen LogP contribution in [0.1, 0.15) is 51.2 Å². The fraction of sp³-hybridized carbons (Fsp3) is 0.474. The quantitative estimate of drug-likeness (QED) is 0.222. The maximum absolute atomic E-state index is 14.7. The maximum atomic E-state index is 14.7. The van der Waals surface area contributed by atoms with Gasteiger partial charge in [0.15, 0.2) is 0 Å². The van der Waals surface area contributed by atoms with Gasteiger partial charge in [0.05, 0.1) is 43.7 Å². The number of aliphatic hydroxyl groups excluding tert-OH is 1. The number of hydrogen-bond donors (Lipinski definition) is 1. The molecule has 0 aliphatic carbocycles. The fourth-order valence-corrected chi connectivity index (χ4v) is 7.69. The molecule has 3 fully saturated rings. The first-order valence-electron chi connectivity index (χ1n) is 16.8. The van der Waals surface area contributed by atoms with Crippen LogP contribution < -0.4 is 9.64 Å². The first kappa shape index (κ1) is 35.8. The van der Waals surface area contributed by atoms with Crippen molar-refractivity contribution in [1.82, 2.24) is 9.80 Å². The summed E-state index contributed by atoms with van der Waals surface area (Å²) >= 11 is 0. The van der Waals surface area contributed by atoms with Crippen LogP contribution in [0, 0.1) is 11.8 Å². The van der Waals surface area contributed by atoms with Gasteiger partial charge < -0.3 is 34.0 Å². The summed E-state index contributed by atoms with van der Waals surface area (Å²) in [6.07, 6.45) is 3.43. The summed E-state index contributed by atoms with van der Waals surface area (Å²) in [5.74, 6) is -2.93. The molecule has 3 amide bonds. The van der Waals surface area contributed by atoms with Gasteiger partial charge in [-0.1, -0.05) is 42.5 Å². The topological polar surface area (TPSA) is 126 Å². The molecule has 11 nitrogen and oxygen atoms in total. The van der Waals surface area contributed by atoms with Crippen LogP contribution in [0.25, 0.3) is 0 Å². The molecule has 0 saturated carbocycles. The minimum absolute atomic E-state index is 0.117. The standard InChI is InChI=1S/C38H47N3O8/c1-7-9-15-30(43)39(5)25(4)33(26-13-11-10-12-14-26)48-37(46)31-29-20-21-38(49-29)32(31)35(44)41(24(3)23-42)34(38)36(45)40(22-8-2)27-16-18-28(47-6)19-17-27/h7-8,10-14,16-19,24-25,29,31-34,42H,1-2,9,15,20-23H2,3-6H3/t24-,25+,29+,31-,32-,33-,34+,38-/m1/s1. The second-order valence-corrected chi connectivity index (χ2v) is 13.1. The molecule has 11 heteroatoms. The highest BCUT2D eigenvalue weighted by atomic mass is 16.6. The summed E-state index contributed by atoms with van der Waals surface area (Å²) in [6, 6.07) is 13.8. The number of likely N-dealkylation sites (N-methyl/N-ethyl adjacent to an activating group) is 1. The van der Waals surface area contributed by atoms with Crippen molar-refractivity contribution in [2.45, 2.75) is 75.5 Å². The van der Waals surface area contributed by atoms with Crippen molar-refractivity contribution in [1.29, 1.82) is 0 Å². The van der Waals surface area contributed by atoms with Crippen LogP contribution in [-0.4, -0.2) is 95.7 Å². The van der Waals surface area contributed by atoms with Crippen molar-refractivity contribution in [2.75, 3.05) is 32.2 Å². The molecule has 0 aromatic heterocycles. The summed E-state index contributed by atoms with van der Waals surface area (Å²) in [4.78, 5) is 61.0. The molecule has 8 atom stereocenters. The molecule has 0 unspecified atom stereocenters. The Hall–Kier alpha value is -4.48. The first-order valence-corrected chi connectivity index (χ1v) is 16.8. The van der Waals surface area contributed by atoms with E-state index in [1.165, 1.54) is 9.80 Å². The smallest absolute Gasteiger partial charge is 0.313 e. The molecular formula is C38H47N3O8. The van der Waals surface area contributed by atoms with Crippen molar-refractivity contribution < 1.29 is 38.5 Å². The minimum Gasteiger partial charge on any atom is -0.497 e. The summed E-state index contributed by atoms with van der Waals surface area (Å²) in [5.41, 5.74) is -0.0284. The van der Waals surface area contributed by atoms with Crippen LogP contribution in [0.4, 0.5) is 5.69 Å². The van der Waals surface area contributed by atoms with Crippen molar-refractivity contribution in [2.24, 2.45) is 11.8 Å². The highest BCUT2D eigenvalue weighted by molar-refractivity contribution is 6.04. The number of methoxy groups -OCH3 is 1. The third-order valence-corrected chi connectivity index (χ3v) is 10.3. The van der Waals surface area contributed by atoms with E-state index in [1.807, 2.05) is 37.3 Å². The number of benzene rings is 2.